The van der Waals surface area contributed by atoms with Gasteiger partial charge in [-0.05, 0) is 38.0 Å². The van der Waals surface area contributed by atoms with Crippen LogP contribution < -0.4 is 5.32 Å². The third-order valence-corrected chi connectivity index (χ3v) is 5.66. The van der Waals surface area contributed by atoms with Crippen LogP contribution in [0.3, 0.4) is 0 Å². The Morgan fingerprint density at radius 2 is 2.24 bits per heavy atom. The van der Waals surface area contributed by atoms with Crippen LogP contribution in [-0.4, -0.2) is 34.8 Å². The van der Waals surface area contributed by atoms with E-state index in [-0.39, 0.29) is 17.7 Å². The van der Waals surface area contributed by atoms with Crippen LogP contribution in [0.2, 0.25) is 0 Å². The van der Waals surface area contributed by atoms with Gasteiger partial charge in [-0.3, -0.25) is 9.59 Å². The Hall–Kier alpha value is -1.43. The smallest absolute Gasteiger partial charge is 0.231 e. The second kappa shape index (κ2) is 5.09. The highest BCUT2D eigenvalue weighted by Crippen LogP contribution is 2.33. The third-order valence-electron chi connectivity index (χ3n) is 4.59. The predicted octanol–water partition coefficient (Wildman–Crippen LogP) is 1.83. The summed E-state index contributed by atoms with van der Waals surface area (Å²) in [5.41, 5.74) is 1.15. The van der Waals surface area contributed by atoms with E-state index in [0.29, 0.717) is 24.0 Å². The Morgan fingerprint density at radius 3 is 3.00 bits per heavy atom. The summed E-state index contributed by atoms with van der Waals surface area (Å²) in [7, 11) is 0. The molecule has 5 nitrogen and oxygen atoms in total. The zero-order valence-electron chi connectivity index (χ0n) is 11.9. The van der Waals surface area contributed by atoms with Gasteiger partial charge < -0.3 is 10.2 Å². The number of carbonyl (C=O) groups is 2. The van der Waals surface area contributed by atoms with E-state index in [4.69, 9.17) is 0 Å². The van der Waals surface area contributed by atoms with E-state index >= 15 is 0 Å². The summed E-state index contributed by atoms with van der Waals surface area (Å²) in [6.45, 7) is 1.42. The third kappa shape index (κ3) is 2.69. The highest BCUT2D eigenvalue weighted by Gasteiger charge is 2.37. The van der Waals surface area contributed by atoms with Gasteiger partial charge in [0.2, 0.25) is 11.8 Å². The van der Waals surface area contributed by atoms with E-state index in [1.165, 1.54) is 24.1 Å². The van der Waals surface area contributed by atoms with Crippen molar-refractivity contribution in [1.82, 2.24) is 9.88 Å². The number of nitrogens with zero attached hydrogens (tertiary/aromatic N) is 2. The Balaban J connectivity index is 1.37. The number of aryl methyl sites for hydroxylation is 2. The predicted molar refractivity (Wildman–Crippen MR) is 80.2 cm³/mol. The fourth-order valence-corrected chi connectivity index (χ4v) is 4.24. The van der Waals surface area contributed by atoms with Crippen molar-refractivity contribution < 1.29 is 9.59 Å². The van der Waals surface area contributed by atoms with E-state index in [1.807, 2.05) is 4.90 Å². The maximum atomic E-state index is 12.3. The summed E-state index contributed by atoms with van der Waals surface area (Å²) in [5, 5.41) is 3.62. The first-order valence-corrected chi connectivity index (χ1v) is 8.58. The van der Waals surface area contributed by atoms with Crippen LogP contribution in [0.1, 0.15) is 36.3 Å². The fraction of sp³-hybridized carbons (Fsp3) is 0.667. The van der Waals surface area contributed by atoms with Gasteiger partial charge in [0, 0.05) is 24.4 Å². The highest BCUT2D eigenvalue weighted by molar-refractivity contribution is 7.15. The Kier molecular flexibility index (Phi) is 3.21. The molecule has 0 radical (unpaired) electrons. The first kappa shape index (κ1) is 13.2. The van der Waals surface area contributed by atoms with Crippen molar-refractivity contribution in [2.45, 2.75) is 38.5 Å². The molecule has 3 aliphatic rings. The first-order chi connectivity index (χ1) is 10.2. The van der Waals surface area contributed by atoms with Crippen molar-refractivity contribution in [1.29, 1.82) is 0 Å². The van der Waals surface area contributed by atoms with Gasteiger partial charge in [-0.1, -0.05) is 0 Å². The number of hydrogen-bond acceptors (Lipinski definition) is 4. The molecule has 1 saturated carbocycles. The van der Waals surface area contributed by atoms with Gasteiger partial charge >= 0.3 is 0 Å². The van der Waals surface area contributed by atoms with Crippen molar-refractivity contribution in [3.8, 4) is 0 Å². The van der Waals surface area contributed by atoms with Gasteiger partial charge in [-0.2, -0.15) is 0 Å². The summed E-state index contributed by atoms with van der Waals surface area (Å²) < 4.78 is 0. The Bertz CT molecular complexity index is 572. The number of likely N-dealkylation sites (tertiary alicyclic amines) is 1. The van der Waals surface area contributed by atoms with Crippen LogP contribution in [0.15, 0.2) is 0 Å². The molecule has 0 spiro atoms. The summed E-state index contributed by atoms with van der Waals surface area (Å²) in [4.78, 5) is 31.9. The SMILES string of the molecule is O=C(Nc1nc2c(s1)CCC2)[C@@H]1CC(=O)N(CC2CC2)C1. The molecule has 2 aliphatic carbocycles. The van der Waals surface area contributed by atoms with Gasteiger partial charge in [0.25, 0.3) is 0 Å². The van der Waals surface area contributed by atoms with Crippen LogP contribution in [0.25, 0.3) is 0 Å². The minimum atomic E-state index is -0.213. The molecule has 112 valence electrons. The number of carbonyl (C=O) groups excluding carboxylic acids is 2. The molecule has 2 amide bonds. The van der Waals surface area contributed by atoms with Crippen LogP contribution in [0, 0.1) is 11.8 Å². The summed E-state index contributed by atoms with van der Waals surface area (Å²) in [5.74, 6) is 0.547. The molecular weight excluding hydrogens is 286 g/mol. The summed E-state index contributed by atoms with van der Waals surface area (Å²) >= 11 is 1.59. The molecule has 1 N–H and O–H groups in total. The van der Waals surface area contributed by atoms with Crippen molar-refractivity contribution in [2.75, 3.05) is 18.4 Å². The number of nitrogens with one attached hydrogen (secondary N) is 1. The molecular formula is C15H19N3O2S. The largest absolute Gasteiger partial charge is 0.342 e. The maximum absolute atomic E-state index is 12.3. The number of rotatable bonds is 4. The fourth-order valence-electron chi connectivity index (χ4n) is 3.19. The van der Waals surface area contributed by atoms with E-state index in [1.54, 1.807) is 11.3 Å². The quantitative estimate of drug-likeness (QED) is 0.923. The van der Waals surface area contributed by atoms with Crippen LogP contribution in [0.5, 0.6) is 0 Å². The number of aromatic nitrogens is 1. The monoisotopic (exact) mass is 305 g/mol. The zero-order chi connectivity index (χ0) is 14.4. The number of thiazole rings is 1. The lowest BCUT2D eigenvalue weighted by Crippen LogP contribution is -2.29. The number of fused-ring (bicyclic) bond motifs is 1. The molecule has 6 heteroatoms. The maximum Gasteiger partial charge on any atom is 0.231 e. The van der Waals surface area contributed by atoms with Gasteiger partial charge in [0.15, 0.2) is 5.13 Å². The molecule has 2 fully saturated rings. The minimum absolute atomic E-state index is 0.0472. The number of anilines is 1. The average molecular weight is 305 g/mol. The molecule has 21 heavy (non-hydrogen) atoms. The Morgan fingerprint density at radius 1 is 1.38 bits per heavy atom. The summed E-state index contributed by atoms with van der Waals surface area (Å²) in [6.07, 6.45) is 6.09. The molecule has 1 aliphatic heterocycles. The van der Waals surface area contributed by atoms with Gasteiger partial charge in [0.05, 0.1) is 11.6 Å². The number of amides is 2. The van der Waals surface area contributed by atoms with Crippen LogP contribution in [0.4, 0.5) is 5.13 Å². The van der Waals surface area contributed by atoms with E-state index in [2.05, 4.69) is 10.3 Å². The second-order valence-electron chi connectivity index (χ2n) is 6.37. The lowest BCUT2D eigenvalue weighted by atomic mass is 10.1. The van der Waals surface area contributed by atoms with E-state index in [9.17, 15) is 9.59 Å². The second-order valence-corrected chi connectivity index (χ2v) is 7.46. The summed E-state index contributed by atoms with van der Waals surface area (Å²) in [6, 6.07) is 0. The molecule has 1 aromatic heterocycles. The average Bonchev–Trinajstić information content (AvgIpc) is 2.83. The zero-order valence-corrected chi connectivity index (χ0v) is 12.7. The molecule has 1 saturated heterocycles. The van der Waals surface area contributed by atoms with Crippen molar-refractivity contribution in [3.63, 3.8) is 0 Å². The van der Waals surface area contributed by atoms with E-state index < -0.39 is 0 Å². The molecule has 1 aromatic rings. The number of hydrogen-bond donors (Lipinski definition) is 1. The lowest BCUT2D eigenvalue weighted by molar-refractivity contribution is -0.128. The normalized spacial score (nSPS) is 24.5. The van der Waals surface area contributed by atoms with Crippen LogP contribution >= 0.6 is 11.3 Å². The topological polar surface area (TPSA) is 62.3 Å². The van der Waals surface area contributed by atoms with Crippen molar-refractivity contribution in [3.05, 3.63) is 10.6 Å². The van der Waals surface area contributed by atoms with Crippen molar-refractivity contribution >= 4 is 28.3 Å². The lowest BCUT2D eigenvalue weighted by Gasteiger charge is -2.15. The van der Waals surface area contributed by atoms with Crippen molar-refractivity contribution in [2.24, 2.45) is 11.8 Å². The Labute approximate surface area is 127 Å². The molecule has 2 heterocycles. The molecule has 4 rings (SSSR count). The molecule has 1 atom stereocenters. The van der Waals surface area contributed by atoms with E-state index in [0.717, 1.165) is 25.1 Å². The van der Waals surface area contributed by atoms with Crippen LogP contribution in [-0.2, 0) is 22.4 Å². The molecule has 0 unspecified atom stereocenters. The van der Waals surface area contributed by atoms with Gasteiger partial charge in [0.1, 0.15) is 0 Å². The first-order valence-electron chi connectivity index (χ1n) is 7.76. The minimum Gasteiger partial charge on any atom is -0.342 e. The van der Waals surface area contributed by atoms with Gasteiger partial charge in [-0.15, -0.1) is 11.3 Å². The molecule has 0 aromatic carbocycles. The highest BCUT2D eigenvalue weighted by atomic mass is 32.1. The van der Waals surface area contributed by atoms with Gasteiger partial charge in [-0.25, -0.2) is 4.98 Å². The standard InChI is InChI=1S/C15H19N3O2S/c19-13-6-10(8-18(13)7-9-4-5-9)14(20)17-15-16-11-2-1-3-12(11)21-15/h9-10H,1-8H2,(H,16,17,20)/t10-/m1/s1. The molecule has 0 bridgehead atoms.